The van der Waals surface area contributed by atoms with Gasteiger partial charge in [-0.15, -0.1) is 0 Å². The molecule has 0 aromatic heterocycles. The molecule has 0 radical (unpaired) electrons. The first-order chi connectivity index (χ1) is 7.77. The maximum absolute atomic E-state index is 11.4. The van der Waals surface area contributed by atoms with Crippen molar-refractivity contribution in [3.05, 3.63) is 0 Å². The SMILES string of the molecule is CCCCCCCCOS(=O)(=O)O[Si](C)(C)C. The molecule has 0 fully saturated rings. The van der Waals surface area contributed by atoms with E-state index in [2.05, 4.69) is 6.92 Å². The molecular weight excluding hydrogens is 256 g/mol. The smallest absolute Gasteiger partial charge is 0.294 e. The van der Waals surface area contributed by atoms with Gasteiger partial charge < -0.3 is 0 Å². The number of hydrogen-bond donors (Lipinski definition) is 0. The lowest BCUT2D eigenvalue weighted by molar-refractivity contribution is 0.264. The topological polar surface area (TPSA) is 52.6 Å². The van der Waals surface area contributed by atoms with Crippen LogP contribution in [0.3, 0.4) is 0 Å². The van der Waals surface area contributed by atoms with E-state index in [1.165, 1.54) is 19.3 Å². The fourth-order valence-corrected chi connectivity index (χ4v) is 4.34. The van der Waals surface area contributed by atoms with Crippen LogP contribution in [0.5, 0.6) is 0 Å². The average molecular weight is 282 g/mol. The Morgan fingerprint density at radius 3 is 2.00 bits per heavy atom. The van der Waals surface area contributed by atoms with Crippen LogP contribution in [-0.2, 0) is 18.5 Å². The predicted molar refractivity (Wildman–Crippen MR) is 72.7 cm³/mol. The molecule has 0 spiro atoms. The summed E-state index contributed by atoms with van der Waals surface area (Å²) in [6.07, 6.45) is 6.62. The van der Waals surface area contributed by atoms with Gasteiger partial charge in [0.15, 0.2) is 0 Å². The van der Waals surface area contributed by atoms with Crippen molar-refractivity contribution >= 4 is 18.7 Å². The minimum Gasteiger partial charge on any atom is -0.294 e. The Kier molecular flexibility index (Phi) is 8.28. The molecular formula is C11H26O4SSi. The number of hydrogen-bond acceptors (Lipinski definition) is 4. The van der Waals surface area contributed by atoms with Gasteiger partial charge in [0, 0.05) is 0 Å². The number of unbranched alkanes of at least 4 members (excludes halogenated alkanes) is 5. The highest BCUT2D eigenvalue weighted by Gasteiger charge is 2.24. The molecule has 4 nitrogen and oxygen atoms in total. The Morgan fingerprint density at radius 1 is 0.941 bits per heavy atom. The van der Waals surface area contributed by atoms with Crippen molar-refractivity contribution < 1.29 is 16.5 Å². The van der Waals surface area contributed by atoms with E-state index in [0.29, 0.717) is 0 Å². The lowest BCUT2D eigenvalue weighted by Crippen LogP contribution is -2.30. The van der Waals surface area contributed by atoms with Crippen LogP contribution in [0.15, 0.2) is 0 Å². The molecule has 0 aliphatic heterocycles. The second-order valence-electron chi connectivity index (χ2n) is 5.19. The van der Waals surface area contributed by atoms with Gasteiger partial charge in [-0.25, -0.2) is 4.18 Å². The monoisotopic (exact) mass is 282 g/mol. The van der Waals surface area contributed by atoms with E-state index in [-0.39, 0.29) is 6.61 Å². The molecule has 0 N–H and O–H groups in total. The standard InChI is InChI=1S/C11H26O4SSi/c1-5-6-7-8-9-10-11-14-16(12,13)15-17(2,3)4/h5-11H2,1-4H3. The van der Waals surface area contributed by atoms with Crippen LogP contribution in [0.25, 0.3) is 0 Å². The lowest BCUT2D eigenvalue weighted by atomic mass is 10.1. The van der Waals surface area contributed by atoms with Gasteiger partial charge in [-0.1, -0.05) is 39.0 Å². The van der Waals surface area contributed by atoms with Crippen LogP contribution >= 0.6 is 0 Å². The summed E-state index contributed by atoms with van der Waals surface area (Å²) in [6, 6.07) is 0. The molecule has 0 bridgehead atoms. The van der Waals surface area contributed by atoms with Gasteiger partial charge in [0.05, 0.1) is 6.61 Å². The van der Waals surface area contributed by atoms with Crippen LogP contribution < -0.4 is 0 Å². The van der Waals surface area contributed by atoms with Gasteiger partial charge in [0.1, 0.15) is 0 Å². The van der Waals surface area contributed by atoms with E-state index in [9.17, 15) is 8.42 Å². The van der Waals surface area contributed by atoms with E-state index < -0.39 is 18.7 Å². The lowest BCUT2D eigenvalue weighted by Gasteiger charge is -2.15. The minimum atomic E-state index is -3.77. The summed E-state index contributed by atoms with van der Waals surface area (Å²) >= 11 is 0. The Labute approximate surface area is 107 Å². The largest absolute Gasteiger partial charge is 0.390 e. The normalized spacial score (nSPS) is 12.9. The summed E-state index contributed by atoms with van der Waals surface area (Å²) in [5.41, 5.74) is 0. The zero-order valence-corrected chi connectivity index (χ0v) is 13.3. The van der Waals surface area contributed by atoms with Crippen LogP contribution in [-0.4, -0.2) is 23.3 Å². The molecule has 0 rings (SSSR count). The Morgan fingerprint density at radius 2 is 1.47 bits per heavy atom. The van der Waals surface area contributed by atoms with Crippen molar-refractivity contribution in [1.29, 1.82) is 0 Å². The summed E-state index contributed by atoms with van der Waals surface area (Å²) in [6.45, 7) is 7.86. The quantitative estimate of drug-likeness (QED) is 0.455. The van der Waals surface area contributed by atoms with Crippen LogP contribution in [0.1, 0.15) is 45.4 Å². The second kappa shape index (κ2) is 8.23. The predicted octanol–water partition coefficient (Wildman–Crippen LogP) is 3.46. The molecule has 0 amide bonds. The van der Waals surface area contributed by atoms with E-state index >= 15 is 0 Å². The van der Waals surface area contributed by atoms with Crippen molar-refractivity contribution in [3.8, 4) is 0 Å². The zero-order valence-electron chi connectivity index (χ0n) is 11.5. The van der Waals surface area contributed by atoms with E-state index in [0.717, 1.165) is 19.3 Å². The Hall–Kier alpha value is 0.0869. The highest BCUT2D eigenvalue weighted by atomic mass is 32.3. The third-order valence-corrected chi connectivity index (χ3v) is 5.35. The summed E-state index contributed by atoms with van der Waals surface area (Å²) in [5.74, 6) is 0. The molecule has 0 aliphatic rings. The zero-order chi connectivity index (χ0) is 13.4. The van der Waals surface area contributed by atoms with Gasteiger partial charge in [0.2, 0.25) is 8.32 Å². The van der Waals surface area contributed by atoms with E-state index in [1.54, 1.807) is 0 Å². The third kappa shape index (κ3) is 12.3. The summed E-state index contributed by atoms with van der Waals surface area (Å²) < 4.78 is 32.5. The molecule has 0 aromatic carbocycles. The summed E-state index contributed by atoms with van der Waals surface area (Å²) in [7, 11) is -5.87. The van der Waals surface area contributed by atoms with Crippen LogP contribution in [0, 0.1) is 0 Å². The first-order valence-corrected chi connectivity index (χ1v) is 11.1. The summed E-state index contributed by atoms with van der Waals surface area (Å²) in [4.78, 5) is 0. The van der Waals surface area contributed by atoms with Crippen molar-refractivity contribution in [1.82, 2.24) is 0 Å². The average Bonchev–Trinajstić information content (AvgIpc) is 2.12. The fraction of sp³-hybridized carbons (Fsp3) is 1.00. The van der Waals surface area contributed by atoms with Gasteiger partial charge in [0.25, 0.3) is 0 Å². The van der Waals surface area contributed by atoms with Crippen LogP contribution in [0.2, 0.25) is 19.6 Å². The first-order valence-electron chi connectivity index (χ1n) is 6.37. The molecule has 0 atom stereocenters. The maximum atomic E-state index is 11.4. The highest BCUT2D eigenvalue weighted by molar-refractivity contribution is 7.83. The molecule has 0 unspecified atom stereocenters. The number of rotatable bonds is 10. The second-order valence-corrected chi connectivity index (χ2v) is 11.1. The molecule has 6 heteroatoms. The summed E-state index contributed by atoms with van der Waals surface area (Å²) in [5, 5.41) is 0. The highest BCUT2D eigenvalue weighted by Crippen LogP contribution is 2.11. The van der Waals surface area contributed by atoms with Crippen molar-refractivity contribution in [2.75, 3.05) is 6.61 Å². The van der Waals surface area contributed by atoms with Gasteiger partial charge in [-0.05, 0) is 26.1 Å². The van der Waals surface area contributed by atoms with Crippen molar-refractivity contribution in [2.45, 2.75) is 65.1 Å². The molecule has 0 aromatic rings. The molecule has 0 aliphatic carbocycles. The maximum Gasteiger partial charge on any atom is 0.390 e. The Balaban J connectivity index is 3.60. The molecule has 17 heavy (non-hydrogen) atoms. The van der Waals surface area contributed by atoms with Gasteiger partial charge in [-0.3, -0.25) is 3.87 Å². The first kappa shape index (κ1) is 17.1. The molecule has 104 valence electrons. The van der Waals surface area contributed by atoms with E-state index in [1.807, 2.05) is 19.6 Å². The molecule has 0 saturated carbocycles. The van der Waals surface area contributed by atoms with Crippen molar-refractivity contribution in [3.63, 3.8) is 0 Å². The fourth-order valence-electron chi connectivity index (χ4n) is 1.37. The minimum absolute atomic E-state index is 0.235. The van der Waals surface area contributed by atoms with E-state index in [4.69, 9.17) is 8.06 Å². The molecule has 0 saturated heterocycles. The van der Waals surface area contributed by atoms with Gasteiger partial charge >= 0.3 is 10.4 Å². The van der Waals surface area contributed by atoms with Crippen LogP contribution in [0.4, 0.5) is 0 Å². The van der Waals surface area contributed by atoms with Gasteiger partial charge in [-0.2, -0.15) is 8.42 Å². The van der Waals surface area contributed by atoms with Crippen molar-refractivity contribution in [2.24, 2.45) is 0 Å². The molecule has 0 heterocycles. The Bertz CT molecular complexity index is 282. The third-order valence-electron chi connectivity index (χ3n) is 2.08.